The minimum Gasteiger partial charge on any atom is -0.439 e. The van der Waals surface area contributed by atoms with Crippen molar-refractivity contribution in [2.45, 2.75) is 23.3 Å². The Morgan fingerprint density at radius 2 is 1.33 bits per heavy atom. The minimum absolute atomic E-state index is 0.0228. The van der Waals surface area contributed by atoms with Gasteiger partial charge in [-0.1, -0.05) is 126 Å². The number of ether oxygens (including phenoxy) is 1. The Bertz CT molecular complexity index is 2060. The zero-order valence-corrected chi connectivity index (χ0v) is 25.9. The Labute approximate surface area is 267 Å². The Morgan fingerprint density at radius 3 is 1.98 bits per heavy atom. The van der Waals surface area contributed by atoms with Crippen LogP contribution in [0.5, 0.6) is 0 Å². The smallest absolute Gasteiger partial charge is 0.285 e. The summed E-state index contributed by atoms with van der Waals surface area (Å²) in [6.07, 6.45) is 1.94. The number of benzene rings is 5. The molecule has 8 heteroatoms. The highest BCUT2D eigenvalue weighted by molar-refractivity contribution is 7.90. The largest absolute Gasteiger partial charge is 0.439 e. The molecule has 7 rings (SSSR count). The maximum absolute atomic E-state index is 14.0. The number of hydrazone groups is 1. The molecule has 2 aliphatic heterocycles. The highest BCUT2D eigenvalue weighted by Crippen LogP contribution is 2.52. The number of rotatable bonds is 6. The molecule has 0 N–H and O–H groups in total. The van der Waals surface area contributed by atoms with E-state index < -0.39 is 21.5 Å². The maximum Gasteiger partial charge on any atom is 0.285 e. The molecule has 0 aliphatic carbocycles. The molecule has 0 fully saturated rings. The predicted octanol–water partition coefficient (Wildman–Crippen LogP) is 8.25. The first-order chi connectivity index (χ1) is 21.9. The Kier molecular flexibility index (Phi) is 7.36. The van der Waals surface area contributed by atoms with Gasteiger partial charge in [0, 0.05) is 10.6 Å². The number of para-hydroxylation sites is 1. The Balaban J connectivity index is 1.56. The summed E-state index contributed by atoms with van der Waals surface area (Å²) in [4.78, 5) is 0.0651. The van der Waals surface area contributed by atoms with Crippen LogP contribution >= 0.6 is 11.6 Å². The van der Waals surface area contributed by atoms with Crippen LogP contribution in [0.1, 0.15) is 28.2 Å². The van der Waals surface area contributed by atoms with Gasteiger partial charge in [-0.2, -0.15) is 13.5 Å². The van der Waals surface area contributed by atoms with Crippen LogP contribution in [0.15, 0.2) is 160 Å². The molecule has 0 bridgehead atoms. The van der Waals surface area contributed by atoms with Gasteiger partial charge in [0.25, 0.3) is 10.0 Å². The SMILES string of the molecule is Cc1ccc(S(=O)(=O)N=C2OC(c3ccccc3)=CC23C(c2ccccc2Cl)C(c2ccccc2)=NN3c2ccccc2)cc1. The lowest BCUT2D eigenvalue weighted by Crippen LogP contribution is -2.51. The summed E-state index contributed by atoms with van der Waals surface area (Å²) >= 11 is 6.96. The predicted molar refractivity (Wildman–Crippen MR) is 180 cm³/mol. The van der Waals surface area contributed by atoms with Gasteiger partial charge >= 0.3 is 0 Å². The fraction of sp³-hybridized carbons (Fsp3) is 0.0811. The van der Waals surface area contributed by atoms with Crippen molar-refractivity contribution in [3.05, 3.63) is 173 Å². The summed E-state index contributed by atoms with van der Waals surface area (Å²) in [6, 6.07) is 43.2. The average molecular weight is 630 g/mol. The number of halogens is 1. The van der Waals surface area contributed by atoms with Gasteiger partial charge in [-0.15, -0.1) is 4.40 Å². The Morgan fingerprint density at radius 1 is 0.756 bits per heavy atom. The van der Waals surface area contributed by atoms with Gasteiger partial charge in [0.05, 0.1) is 22.2 Å². The molecule has 6 nitrogen and oxygen atoms in total. The van der Waals surface area contributed by atoms with E-state index in [-0.39, 0.29) is 10.8 Å². The molecule has 0 saturated carbocycles. The molecular formula is C37H28ClN3O3S. The topological polar surface area (TPSA) is 71.3 Å². The van der Waals surface area contributed by atoms with E-state index >= 15 is 0 Å². The van der Waals surface area contributed by atoms with E-state index in [4.69, 9.17) is 21.4 Å². The van der Waals surface area contributed by atoms with Crippen LogP contribution in [0.2, 0.25) is 5.02 Å². The van der Waals surface area contributed by atoms with Gasteiger partial charge in [-0.05, 0) is 54.5 Å². The molecule has 0 saturated heterocycles. The second-order valence-electron chi connectivity index (χ2n) is 10.9. The van der Waals surface area contributed by atoms with Crippen LogP contribution in [0.4, 0.5) is 5.69 Å². The third-order valence-corrected chi connectivity index (χ3v) is 9.66. The summed E-state index contributed by atoms with van der Waals surface area (Å²) in [5.74, 6) is -0.164. The van der Waals surface area contributed by atoms with Gasteiger partial charge in [-0.25, -0.2) is 5.01 Å². The quantitative estimate of drug-likeness (QED) is 0.190. The summed E-state index contributed by atoms with van der Waals surface area (Å²) < 4.78 is 39.1. The van der Waals surface area contributed by atoms with Crippen molar-refractivity contribution in [3.63, 3.8) is 0 Å². The summed E-state index contributed by atoms with van der Waals surface area (Å²) in [5.41, 5.74) is 3.41. The van der Waals surface area contributed by atoms with E-state index in [0.29, 0.717) is 16.5 Å². The zero-order chi connectivity index (χ0) is 31.0. The number of hydrogen-bond donors (Lipinski definition) is 0. The minimum atomic E-state index is -4.21. The molecule has 5 aromatic carbocycles. The lowest BCUT2D eigenvalue weighted by molar-refractivity contribution is 0.474. The standard InChI is InChI=1S/C37H28ClN3O3S/c1-26-21-23-30(24-22-26)45(42,43)40-36-37(25-33(44-36)27-13-5-2-6-14-27)34(31-19-11-12-20-32(31)38)35(28-15-7-3-8-16-28)39-41(37)29-17-9-4-10-18-29/h2-25,34H,1H3. The second kappa shape index (κ2) is 11.5. The van der Waals surface area contributed by atoms with Crippen LogP contribution in [-0.4, -0.2) is 25.6 Å². The first-order valence-electron chi connectivity index (χ1n) is 14.5. The average Bonchev–Trinajstić information content (AvgIpc) is 3.60. The monoisotopic (exact) mass is 629 g/mol. The van der Waals surface area contributed by atoms with E-state index in [1.165, 1.54) is 0 Å². The van der Waals surface area contributed by atoms with Crippen LogP contribution in [0.3, 0.4) is 0 Å². The van der Waals surface area contributed by atoms with E-state index in [1.54, 1.807) is 24.3 Å². The number of sulfonamides is 1. The molecule has 0 aromatic heterocycles. The zero-order valence-electron chi connectivity index (χ0n) is 24.3. The molecule has 0 radical (unpaired) electrons. The third-order valence-electron chi connectivity index (χ3n) is 8.04. The van der Waals surface area contributed by atoms with Gasteiger partial charge in [0.2, 0.25) is 5.90 Å². The maximum atomic E-state index is 14.0. The Hall–Kier alpha value is -4.98. The fourth-order valence-corrected chi connectivity index (χ4v) is 7.12. The van der Waals surface area contributed by atoms with E-state index in [9.17, 15) is 8.42 Å². The van der Waals surface area contributed by atoms with Crippen LogP contribution in [0.25, 0.3) is 5.76 Å². The number of aryl methyl sites for hydroxylation is 1. The molecule has 5 aromatic rings. The van der Waals surface area contributed by atoms with Crippen molar-refractivity contribution in [1.82, 2.24) is 0 Å². The van der Waals surface area contributed by atoms with E-state index in [0.717, 1.165) is 27.9 Å². The van der Waals surface area contributed by atoms with Gasteiger partial charge in [0.1, 0.15) is 5.76 Å². The molecule has 0 amide bonds. The number of hydrogen-bond acceptors (Lipinski definition) is 5. The van der Waals surface area contributed by atoms with Gasteiger partial charge in [0.15, 0.2) is 5.54 Å². The van der Waals surface area contributed by atoms with E-state index in [1.807, 2.05) is 133 Å². The summed E-state index contributed by atoms with van der Waals surface area (Å²) in [6.45, 7) is 1.90. The summed E-state index contributed by atoms with van der Waals surface area (Å²) in [5, 5.41) is 7.59. The van der Waals surface area contributed by atoms with Crippen molar-refractivity contribution >= 4 is 44.7 Å². The van der Waals surface area contributed by atoms with Crippen LogP contribution < -0.4 is 5.01 Å². The highest BCUT2D eigenvalue weighted by Gasteiger charge is 2.60. The van der Waals surface area contributed by atoms with E-state index in [2.05, 4.69) is 4.40 Å². The number of nitrogens with zero attached hydrogens (tertiary/aromatic N) is 3. The third kappa shape index (κ3) is 5.14. The normalized spacial score (nSPS) is 20.3. The fourth-order valence-electron chi connectivity index (χ4n) is 5.89. The lowest BCUT2D eigenvalue weighted by Gasteiger charge is -2.36. The molecule has 45 heavy (non-hydrogen) atoms. The molecule has 1 spiro atoms. The molecule has 222 valence electrons. The van der Waals surface area contributed by atoms with Crippen molar-refractivity contribution in [1.29, 1.82) is 0 Å². The van der Waals surface area contributed by atoms with Crippen molar-refractivity contribution in [2.75, 3.05) is 5.01 Å². The van der Waals surface area contributed by atoms with Crippen molar-refractivity contribution < 1.29 is 13.2 Å². The van der Waals surface area contributed by atoms with Crippen LogP contribution in [0, 0.1) is 6.92 Å². The molecule has 2 unspecified atom stereocenters. The van der Waals surface area contributed by atoms with Gasteiger partial charge in [-0.3, -0.25) is 0 Å². The lowest BCUT2D eigenvalue weighted by atomic mass is 9.75. The second-order valence-corrected chi connectivity index (χ2v) is 13.0. The number of anilines is 1. The first kappa shape index (κ1) is 28.8. The van der Waals surface area contributed by atoms with Gasteiger partial charge < -0.3 is 4.74 Å². The molecule has 2 heterocycles. The first-order valence-corrected chi connectivity index (χ1v) is 16.3. The summed E-state index contributed by atoms with van der Waals surface area (Å²) in [7, 11) is -4.21. The molecule has 2 aliphatic rings. The molecular weight excluding hydrogens is 602 g/mol. The highest BCUT2D eigenvalue weighted by atomic mass is 35.5. The molecule has 2 atom stereocenters. The van der Waals surface area contributed by atoms with Crippen LogP contribution in [-0.2, 0) is 14.8 Å². The van der Waals surface area contributed by atoms with Crippen molar-refractivity contribution in [3.8, 4) is 0 Å². The van der Waals surface area contributed by atoms with Crippen molar-refractivity contribution in [2.24, 2.45) is 9.50 Å².